The summed E-state index contributed by atoms with van der Waals surface area (Å²) in [6.07, 6.45) is 2.35. The average molecular weight is 399 g/mol. The first-order chi connectivity index (χ1) is 13.8. The molecule has 0 unspecified atom stereocenters. The topological polar surface area (TPSA) is 135 Å². The molecule has 2 aromatic rings. The Balaban J connectivity index is 2.30. The maximum atomic E-state index is 12.7. The van der Waals surface area contributed by atoms with Gasteiger partial charge in [-0.05, 0) is 31.0 Å². The predicted octanol–water partition coefficient (Wildman–Crippen LogP) is 3.09. The summed E-state index contributed by atoms with van der Waals surface area (Å²) >= 11 is 0. The SMILES string of the molecule is CCCCCn1c(O)c(C(=O)COc2ccc([N+](=O)[O-])cc2)c(C)c(C#N)c1=O. The van der Waals surface area contributed by atoms with Gasteiger partial charge >= 0.3 is 0 Å². The molecule has 0 atom stereocenters. The van der Waals surface area contributed by atoms with Gasteiger partial charge in [0.15, 0.2) is 6.61 Å². The van der Waals surface area contributed by atoms with Gasteiger partial charge in [0.25, 0.3) is 11.2 Å². The van der Waals surface area contributed by atoms with E-state index in [9.17, 15) is 30.1 Å². The van der Waals surface area contributed by atoms with Crippen molar-refractivity contribution in [2.45, 2.75) is 39.7 Å². The molecule has 0 saturated carbocycles. The number of carbonyl (C=O) groups is 1. The number of carbonyl (C=O) groups excluding carboxylic acids is 1. The number of nitro groups is 1. The lowest BCUT2D eigenvalue weighted by atomic mass is 10.0. The molecule has 1 aromatic carbocycles. The molecule has 0 spiro atoms. The van der Waals surface area contributed by atoms with Crippen LogP contribution in [0.2, 0.25) is 0 Å². The molecule has 152 valence electrons. The minimum absolute atomic E-state index is 0.0963. The van der Waals surface area contributed by atoms with E-state index < -0.39 is 28.8 Å². The molecule has 0 radical (unpaired) electrons. The molecule has 0 aliphatic carbocycles. The number of aromatic hydroxyl groups is 1. The minimum atomic E-state index is -0.633. The first-order valence-electron chi connectivity index (χ1n) is 9.08. The lowest BCUT2D eigenvalue weighted by Crippen LogP contribution is -2.27. The molecule has 0 amide bonds. The number of nitrogens with zero attached hydrogens (tertiary/aromatic N) is 3. The van der Waals surface area contributed by atoms with Crippen LogP contribution in [0, 0.1) is 28.4 Å². The summed E-state index contributed by atoms with van der Waals surface area (Å²) < 4.78 is 6.40. The average Bonchev–Trinajstić information content (AvgIpc) is 2.69. The second kappa shape index (κ2) is 9.50. The Morgan fingerprint density at radius 2 is 1.97 bits per heavy atom. The zero-order valence-electron chi connectivity index (χ0n) is 16.2. The quantitative estimate of drug-likeness (QED) is 0.296. The van der Waals surface area contributed by atoms with Crippen LogP contribution in [0.1, 0.15) is 47.7 Å². The van der Waals surface area contributed by atoms with Gasteiger partial charge in [0.2, 0.25) is 11.7 Å². The first kappa shape index (κ1) is 21.6. The van der Waals surface area contributed by atoms with Crippen LogP contribution in [0.15, 0.2) is 29.1 Å². The van der Waals surface area contributed by atoms with Gasteiger partial charge in [0.1, 0.15) is 17.4 Å². The number of nitro benzene ring substituents is 1. The molecular weight excluding hydrogens is 378 g/mol. The molecule has 1 aromatic heterocycles. The molecular formula is C20H21N3O6. The molecule has 29 heavy (non-hydrogen) atoms. The van der Waals surface area contributed by atoms with E-state index in [2.05, 4.69) is 0 Å². The highest BCUT2D eigenvalue weighted by atomic mass is 16.6. The van der Waals surface area contributed by atoms with E-state index in [1.54, 1.807) is 6.07 Å². The second-order valence-electron chi connectivity index (χ2n) is 6.44. The number of aromatic nitrogens is 1. The van der Waals surface area contributed by atoms with Gasteiger partial charge in [0, 0.05) is 18.7 Å². The Hall–Kier alpha value is -3.67. The molecule has 1 heterocycles. The summed E-state index contributed by atoms with van der Waals surface area (Å²) in [5, 5.41) is 30.5. The van der Waals surface area contributed by atoms with Crippen LogP contribution >= 0.6 is 0 Å². The number of ketones is 1. The highest BCUT2D eigenvalue weighted by Gasteiger charge is 2.24. The van der Waals surface area contributed by atoms with Gasteiger partial charge < -0.3 is 9.84 Å². The molecule has 0 fully saturated rings. The van der Waals surface area contributed by atoms with Crippen molar-refractivity contribution in [3.8, 4) is 17.7 Å². The summed E-state index contributed by atoms with van der Waals surface area (Å²) in [5.41, 5.74) is -0.988. The van der Waals surface area contributed by atoms with E-state index in [-0.39, 0.29) is 34.7 Å². The number of benzene rings is 1. The van der Waals surface area contributed by atoms with Gasteiger partial charge in [-0.2, -0.15) is 5.26 Å². The van der Waals surface area contributed by atoms with Crippen molar-refractivity contribution >= 4 is 11.5 Å². The molecule has 2 rings (SSSR count). The fourth-order valence-corrected chi connectivity index (χ4v) is 2.90. The summed E-state index contributed by atoms with van der Waals surface area (Å²) in [5.74, 6) is -0.864. The third-order valence-electron chi connectivity index (χ3n) is 4.48. The number of Topliss-reactive ketones (excluding diaryl/α,β-unsaturated/α-hetero) is 1. The van der Waals surface area contributed by atoms with Gasteiger partial charge in [-0.3, -0.25) is 24.3 Å². The molecule has 0 aliphatic rings. The minimum Gasteiger partial charge on any atom is -0.494 e. The van der Waals surface area contributed by atoms with Gasteiger partial charge in [-0.15, -0.1) is 0 Å². The number of rotatable bonds is 9. The van der Waals surface area contributed by atoms with E-state index in [0.29, 0.717) is 6.42 Å². The second-order valence-corrected chi connectivity index (χ2v) is 6.44. The Kier molecular flexibility index (Phi) is 7.09. The molecule has 9 nitrogen and oxygen atoms in total. The van der Waals surface area contributed by atoms with Crippen molar-refractivity contribution < 1.29 is 19.6 Å². The van der Waals surface area contributed by atoms with Gasteiger partial charge in [-0.1, -0.05) is 19.8 Å². The lowest BCUT2D eigenvalue weighted by molar-refractivity contribution is -0.384. The van der Waals surface area contributed by atoms with Crippen molar-refractivity contribution in [2.24, 2.45) is 0 Å². The number of non-ortho nitro benzene ring substituents is 1. The van der Waals surface area contributed by atoms with E-state index >= 15 is 0 Å². The Morgan fingerprint density at radius 3 is 2.52 bits per heavy atom. The largest absolute Gasteiger partial charge is 0.494 e. The van der Waals surface area contributed by atoms with Crippen LogP contribution < -0.4 is 10.3 Å². The van der Waals surface area contributed by atoms with Crippen molar-refractivity contribution in [1.82, 2.24) is 4.57 Å². The number of unbranched alkanes of at least 4 members (excludes halogenated alkanes) is 2. The van der Waals surface area contributed by atoms with E-state index in [1.165, 1.54) is 31.2 Å². The standard InChI is InChI=1S/C20H21N3O6/c1-3-4-5-10-22-19(25)16(11-21)13(2)18(20(22)26)17(24)12-29-15-8-6-14(7-9-15)23(27)28/h6-9,26H,3-5,10,12H2,1-2H3. The monoisotopic (exact) mass is 399 g/mol. The highest BCUT2D eigenvalue weighted by Crippen LogP contribution is 2.24. The van der Waals surface area contributed by atoms with Crippen molar-refractivity contribution in [2.75, 3.05) is 6.61 Å². The number of nitriles is 1. The normalized spacial score (nSPS) is 10.4. The summed E-state index contributed by atoms with van der Waals surface area (Å²) in [4.78, 5) is 35.3. The smallest absolute Gasteiger partial charge is 0.271 e. The molecule has 0 aliphatic heterocycles. The fraction of sp³-hybridized carbons (Fsp3) is 0.350. The molecule has 1 N–H and O–H groups in total. The lowest BCUT2D eigenvalue weighted by Gasteiger charge is -2.15. The van der Waals surface area contributed by atoms with Crippen molar-refractivity contribution in [1.29, 1.82) is 5.26 Å². The van der Waals surface area contributed by atoms with E-state index in [4.69, 9.17) is 4.74 Å². The van der Waals surface area contributed by atoms with Crippen molar-refractivity contribution in [3.05, 3.63) is 61.4 Å². The third-order valence-corrected chi connectivity index (χ3v) is 4.48. The molecule has 0 bridgehead atoms. The Labute approximate surface area is 166 Å². The predicted molar refractivity (Wildman–Crippen MR) is 104 cm³/mol. The Bertz CT molecular complexity index is 1020. The third kappa shape index (κ3) is 4.79. The van der Waals surface area contributed by atoms with Crippen LogP contribution in [-0.4, -0.2) is 27.0 Å². The number of pyridine rings is 1. The van der Waals surface area contributed by atoms with Crippen LogP contribution in [0.3, 0.4) is 0 Å². The number of ether oxygens (including phenoxy) is 1. The number of hydrogen-bond acceptors (Lipinski definition) is 7. The van der Waals surface area contributed by atoms with Gasteiger partial charge in [0.05, 0.1) is 10.5 Å². The van der Waals surface area contributed by atoms with Crippen molar-refractivity contribution in [3.63, 3.8) is 0 Å². The highest BCUT2D eigenvalue weighted by molar-refractivity contribution is 6.01. The summed E-state index contributed by atoms with van der Waals surface area (Å²) in [6.45, 7) is 3.14. The maximum Gasteiger partial charge on any atom is 0.271 e. The van der Waals surface area contributed by atoms with Crippen LogP contribution in [-0.2, 0) is 6.54 Å². The maximum absolute atomic E-state index is 12.7. The van der Waals surface area contributed by atoms with Crippen LogP contribution in [0.4, 0.5) is 5.69 Å². The zero-order valence-corrected chi connectivity index (χ0v) is 16.2. The molecule has 0 saturated heterocycles. The first-order valence-corrected chi connectivity index (χ1v) is 9.08. The zero-order chi connectivity index (χ0) is 21.6. The summed E-state index contributed by atoms with van der Waals surface area (Å²) in [7, 11) is 0. The van der Waals surface area contributed by atoms with Gasteiger partial charge in [-0.25, -0.2) is 0 Å². The Morgan fingerprint density at radius 1 is 1.31 bits per heavy atom. The summed E-state index contributed by atoms with van der Waals surface area (Å²) in [6, 6.07) is 6.99. The molecule has 9 heteroatoms. The van der Waals surface area contributed by atoms with E-state index in [1.807, 2.05) is 6.92 Å². The van der Waals surface area contributed by atoms with Crippen LogP contribution in [0.25, 0.3) is 0 Å². The van der Waals surface area contributed by atoms with Crippen LogP contribution in [0.5, 0.6) is 11.6 Å². The van der Waals surface area contributed by atoms with E-state index in [0.717, 1.165) is 17.4 Å². The number of hydrogen-bond donors (Lipinski definition) is 1. The fourth-order valence-electron chi connectivity index (χ4n) is 2.90.